The fraction of sp³-hybridized carbons (Fsp3) is 0.375. The average molecular weight is 479 g/mol. The van der Waals surface area contributed by atoms with Crippen LogP contribution < -0.4 is 5.32 Å². The Kier molecular flexibility index (Phi) is 5.40. The van der Waals surface area contributed by atoms with Gasteiger partial charge in [-0.1, -0.05) is 36.4 Å². The second-order valence-electron chi connectivity index (χ2n) is 9.00. The highest BCUT2D eigenvalue weighted by atomic mass is 16.5. The molecule has 6 rings (SSSR count). The van der Waals surface area contributed by atoms with Crippen LogP contribution in [0, 0.1) is 0 Å². The predicted molar refractivity (Wildman–Crippen MR) is 124 cm³/mol. The molecular formula is C24H25N5O6. The molecule has 11 nitrogen and oxygen atoms in total. The maximum Gasteiger partial charge on any atom is 0.167 e. The zero-order valence-corrected chi connectivity index (χ0v) is 18.5. The van der Waals surface area contributed by atoms with Gasteiger partial charge in [0.25, 0.3) is 0 Å². The lowest BCUT2D eigenvalue weighted by molar-refractivity contribution is -0.0766. The first-order valence-electron chi connectivity index (χ1n) is 11.4. The monoisotopic (exact) mass is 479 g/mol. The number of aliphatic hydroxyl groups is 5. The van der Waals surface area contributed by atoms with Gasteiger partial charge in [-0.2, -0.15) is 0 Å². The van der Waals surface area contributed by atoms with Gasteiger partial charge in [0.05, 0.1) is 25.1 Å². The van der Waals surface area contributed by atoms with Crippen LogP contribution in [0.1, 0.15) is 35.9 Å². The number of anilines is 1. The molecule has 1 saturated heterocycles. The Labute approximate surface area is 199 Å². The topological polar surface area (TPSA) is 166 Å². The summed E-state index contributed by atoms with van der Waals surface area (Å²) < 4.78 is 7.41. The van der Waals surface area contributed by atoms with Gasteiger partial charge >= 0.3 is 0 Å². The number of rotatable bonds is 4. The van der Waals surface area contributed by atoms with Crippen LogP contribution in [0.5, 0.6) is 0 Å². The predicted octanol–water partition coefficient (Wildman–Crippen LogP) is 0.542. The van der Waals surface area contributed by atoms with Crippen LogP contribution in [-0.4, -0.2) is 76.1 Å². The van der Waals surface area contributed by atoms with Crippen molar-refractivity contribution in [1.29, 1.82) is 0 Å². The molecule has 2 aromatic heterocycles. The molecule has 3 heterocycles. The SMILES string of the molecule is OC[C@H]1O[C@@H](n2cnc3c(N[C@H]4c5c(ccc6ccccc56)[C@@H](O)[C@H](O)[C@@H]4O)ncnc32)C[C@@H]1O. The molecule has 1 aliphatic carbocycles. The van der Waals surface area contributed by atoms with E-state index in [1.165, 1.54) is 12.7 Å². The molecule has 182 valence electrons. The van der Waals surface area contributed by atoms with Crippen molar-refractivity contribution < 1.29 is 30.3 Å². The van der Waals surface area contributed by atoms with Crippen molar-refractivity contribution in [3.05, 3.63) is 60.2 Å². The third kappa shape index (κ3) is 3.47. The van der Waals surface area contributed by atoms with Gasteiger partial charge in [-0.3, -0.25) is 4.57 Å². The maximum absolute atomic E-state index is 11.0. The summed E-state index contributed by atoms with van der Waals surface area (Å²) in [7, 11) is 0. The first-order chi connectivity index (χ1) is 17.0. The fourth-order valence-corrected chi connectivity index (χ4v) is 5.18. The summed E-state index contributed by atoms with van der Waals surface area (Å²) in [4.78, 5) is 13.1. The molecule has 35 heavy (non-hydrogen) atoms. The average Bonchev–Trinajstić information content (AvgIpc) is 3.48. The third-order valence-electron chi connectivity index (χ3n) is 6.99. The number of hydrogen-bond acceptors (Lipinski definition) is 10. The van der Waals surface area contributed by atoms with E-state index in [4.69, 9.17) is 4.74 Å². The van der Waals surface area contributed by atoms with E-state index in [-0.39, 0.29) is 13.0 Å². The molecule has 1 aliphatic heterocycles. The summed E-state index contributed by atoms with van der Waals surface area (Å²) in [5.41, 5.74) is 2.06. The van der Waals surface area contributed by atoms with E-state index in [1.54, 1.807) is 10.6 Å². The van der Waals surface area contributed by atoms with Gasteiger partial charge in [0.2, 0.25) is 0 Å². The Balaban J connectivity index is 1.42. The van der Waals surface area contributed by atoms with Gasteiger partial charge < -0.3 is 35.6 Å². The third-order valence-corrected chi connectivity index (χ3v) is 6.99. The van der Waals surface area contributed by atoms with Crippen LogP contribution in [0.15, 0.2) is 49.1 Å². The van der Waals surface area contributed by atoms with Crippen LogP contribution in [0.3, 0.4) is 0 Å². The van der Waals surface area contributed by atoms with E-state index in [2.05, 4.69) is 20.3 Å². The van der Waals surface area contributed by atoms with Crippen molar-refractivity contribution in [3.63, 3.8) is 0 Å². The molecule has 2 aromatic carbocycles. The zero-order valence-electron chi connectivity index (χ0n) is 18.5. The van der Waals surface area contributed by atoms with Crippen molar-refractivity contribution in [1.82, 2.24) is 19.5 Å². The van der Waals surface area contributed by atoms with Gasteiger partial charge in [-0.15, -0.1) is 0 Å². The van der Waals surface area contributed by atoms with E-state index in [1.807, 2.05) is 30.3 Å². The number of benzene rings is 2. The Morgan fingerprint density at radius 3 is 2.63 bits per heavy atom. The number of fused-ring (bicyclic) bond motifs is 4. The summed E-state index contributed by atoms with van der Waals surface area (Å²) in [6.45, 7) is -0.298. The molecule has 11 heteroatoms. The summed E-state index contributed by atoms with van der Waals surface area (Å²) >= 11 is 0. The Morgan fingerprint density at radius 2 is 1.83 bits per heavy atom. The van der Waals surface area contributed by atoms with E-state index in [0.29, 0.717) is 28.1 Å². The van der Waals surface area contributed by atoms with Gasteiger partial charge in [-0.05, 0) is 21.9 Å². The number of aromatic nitrogens is 4. The molecule has 0 unspecified atom stereocenters. The molecule has 0 amide bonds. The highest BCUT2D eigenvalue weighted by molar-refractivity contribution is 5.89. The molecule has 0 radical (unpaired) electrons. The lowest BCUT2D eigenvalue weighted by atomic mass is 9.79. The molecule has 0 bridgehead atoms. The van der Waals surface area contributed by atoms with Crippen LogP contribution in [-0.2, 0) is 4.74 Å². The Hall–Kier alpha value is -3.19. The highest BCUT2D eigenvalue weighted by Crippen LogP contribution is 2.42. The molecule has 0 saturated carbocycles. The van der Waals surface area contributed by atoms with Crippen molar-refractivity contribution in [3.8, 4) is 0 Å². The van der Waals surface area contributed by atoms with Crippen LogP contribution in [0.2, 0.25) is 0 Å². The van der Waals surface area contributed by atoms with Gasteiger partial charge in [-0.25, -0.2) is 15.0 Å². The second kappa shape index (κ2) is 8.48. The number of nitrogens with zero attached hydrogens (tertiary/aromatic N) is 4. The minimum atomic E-state index is -1.40. The molecular weight excluding hydrogens is 454 g/mol. The number of imidazole rings is 1. The van der Waals surface area contributed by atoms with Gasteiger partial charge in [0, 0.05) is 6.42 Å². The van der Waals surface area contributed by atoms with E-state index >= 15 is 0 Å². The highest BCUT2D eigenvalue weighted by Gasteiger charge is 2.42. The lowest BCUT2D eigenvalue weighted by Crippen LogP contribution is -2.44. The fourth-order valence-electron chi connectivity index (χ4n) is 5.18. The number of nitrogens with one attached hydrogen (secondary N) is 1. The van der Waals surface area contributed by atoms with E-state index < -0.39 is 42.8 Å². The summed E-state index contributed by atoms with van der Waals surface area (Å²) in [5.74, 6) is 0.331. The molecule has 2 aliphatic rings. The number of hydrogen-bond donors (Lipinski definition) is 6. The molecule has 4 aromatic rings. The molecule has 1 fully saturated rings. The van der Waals surface area contributed by atoms with Crippen molar-refractivity contribution in [2.75, 3.05) is 11.9 Å². The smallest absolute Gasteiger partial charge is 0.167 e. The Bertz CT molecular complexity index is 1400. The van der Waals surface area contributed by atoms with E-state index in [9.17, 15) is 25.5 Å². The Morgan fingerprint density at radius 1 is 1.00 bits per heavy atom. The maximum atomic E-state index is 11.0. The minimum Gasteiger partial charge on any atom is -0.394 e. The minimum absolute atomic E-state index is 0.272. The first-order valence-corrected chi connectivity index (χ1v) is 11.4. The van der Waals surface area contributed by atoms with Gasteiger partial charge in [0.15, 0.2) is 17.0 Å². The van der Waals surface area contributed by atoms with Gasteiger partial charge in [0.1, 0.15) is 37.0 Å². The largest absolute Gasteiger partial charge is 0.394 e. The molecule has 7 atom stereocenters. The molecule has 6 N–H and O–H groups in total. The zero-order chi connectivity index (χ0) is 24.3. The van der Waals surface area contributed by atoms with E-state index in [0.717, 1.165) is 10.8 Å². The number of aliphatic hydroxyl groups excluding tert-OH is 5. The normalized spacial score (nSPS) is 30.6. The van der Waals surface area contributed by atoms with Crippen molar-refractivity contribution >= 4 is 27.8 Å². The summed E-state index contributed by atoms with van der Waals surface area (Å²) in [5, 5.41) is 56.8. The first kappa shape index (κ1) is 22.3. The van der Waals surface area contributed by atoms with Crippen molar-refractivity contribution in [2.24, 2.45) is 0 Å². The quantitative estimate of drug-likeness (QED) is 0.243. The van der Waals surface area contributed by atoms with Crippen LogP contribution in [0.4, 0.5) is 5.82 Å². The van der Waals surface area contributed by atoms with Crippen LogP contribution in [0.25, 0.3) is 21.9 Å². The lowest BCUT2D eigenvalue weighted by Gasteiger charge is -2.38. The summed E-state index contributed by atoms with van der Waals surface area (Å²) in [6, 6.07) is 10.5. The summed E-state index contributed by atoms with van der Waals surface area (Å²) in [6.07, 6.45) is -2.87. The standard InChI is InChI=1S/C24H25N5O6/c30-8-15-14(31)7-16(35-15)29-10-27-19-23(25-9-26-24(19)29)28-18-17-12-4-2-1-3-11(12)5-6-13(17)20(32)22(34)21(18)33/h1-6,9-10,14-16,18,20-22,30-34H,7-8H2,(H,25,26,28)/t14-,15+,16+,18-,20+,21+,22-/m0/s1. The van der Waals surface area contributed by atoms with Crippen molar-refractivity contribution in [2.45, 2.75) is 49.2 Å². The molecule has 0 spiro atoms. The van der Waals surface area contributed by atoms with Crippen LogP contribution >= 0.6 is 0 Å². The second-order valence-corrected chi connectivity index (χ2v) is 9.00. The number of ether oxygens (including phenoxy) is 1.